The molecule has 2 aromatic rings. The standard InChI is InChI=1S/C17H23N5O2S/c1-9-13(10(2)21(3)19-9)15-14-16(18-12(23)8-25-15)22(20-17(14)24)11-6-4-5-7-11/h11,15H,4-8H2,1-3H3,(H,18,23)(H,20,24)/t15-/m0/s1. The number of hydrogen-bond acceptors (Lipinski definition) is 4. The molecule has 2 N–H and O–H groups in total. The lowest BCUT2D eigenvalue weighted by Gasteiger charge is -2.17. The first-order chi connectivity index (χ1) is 12.0. The van der Waals surface area contributed by atoms with Gasteiger partial charge in [-0.1, -0.05) is 12.8 Å². The van der Waals surface area contributed by atoms with Crippen LogP contribution in [0.4, 0.5) is 5.82 Å². The van der Waals surface area contributed by atoms with Gasteiger partial charge >= 0.3 is 0 Å². The van der Waals surface area contributed by atoms with Gasteiger partial charge in [0, 0.05) is 18.3 Å². The van der Waals surface area contributed by atoms with Crippen LogP contribution in [0.2, 0.25) is 0 Å². The fourth-order valence-electron chi connectivity index (χ4n) is 4.08. The highest BCUT2D eigenvalue weighted by Gasteiger charge is 2.35. The average molecular weight is 361 g/mol. The molecule has 3 heterocycles. The van der Waals surface area contributed by atoms with Crippen LogP contribution in [-0.4, -0.2) is 31.2 Å². The Hall–Kier alpha value is -1.96. The SMILES string of the molecule is Cc1nn(C)c(C)c1[C@@H]1SCC(=O)Nc2c1c(=O)[nH]n2C1CCCC1. The van der Waals surface area contributed by atoms with Crippen molar-refractivity contribution in [2.75, 3.05) is 11.1 Å². The third-order valence-corrected chi connectivity index (χ3v) is 6.61. The number of amides is 1. The van der Waals surface area contributed by atoms with Crippen molar-refractivity contribution in [1.82, 2.24) is 19.6 Å². The number of aryl methyl sites for hydroxylation is 2. The van der Waals surface area contributed by atoms with E-state index in [9.17, 15) is 9.59 Å². The molecule has 0 spiro atoms. The summed E-state index contributed by atoms with van der Waals surface area (Å²) in [6.07, 6.45) is 4.39. The molecule has 0 unspecified atom stereocenters. The molecule has 1 aliphatic carbocycles. The number of carbonyl (C=O) groups is 1. The first kappa shape index (κ1) is 16.5. The van der Waals surface area contributed by atoms with Gasteiger partial charge in [0.1, 0.15) is 5.82 Å². The van der Waals surface area contributed by atoms with Gasteiger partial charge in [-0.05, 0) is 26.7 Å². The summed E-state index contributed by atoms with van der Waals surface area (Å²) in [5.74, 6) is 0.926. The molecular weight excluding hydrogens is 338 g/mol. The summed E-state index contributed by atoms with van der Waals surface area (Å²) in [7, 11) is 1.91. The van der Waals surface area contributed by atoms with E-state index in [1.54, 1.807) is 0 Å². The summed E-state index contributed by atoms with van der Waals surface area (Å²) in [6.45, 7) is 3.97. The minimum absolute atomic E-state index is 0.0568. The van der Waals surface area contributed by atoms with Crippen LogP contribution in [0.1, 0.15) is 59.5 Å². The zero-order valence-electron chi connectivity index (χ0n) is 14.8. The van der Waals surface area contributed by atoms with Crippen LogP contribution in [0, 0.1) is 13.8 Å². The molecule has 0 bridgehead atoms. The number of aromatic amines is 1. The maximum atomic E-state index is 12.8. The molecule has 2 aromatic heterocycles. The van der Waals surface area contributed by atoms with Crippen molar-refractivity contribution in [2.24, 2.45) is 7.05 Å². The lowest BCUT2D eigenvalue weighted by atomic mass is 10.0. The Kier molecular flexibility index (Phi) is 4.02. The van der Waals surface area contributed by atoms with Crippen molar-refractivity contribution < 1.29 is 4.79 Å². The number of anilines is 1. The molecule has 0 radical (unpaired) electrons. The van der Waals surface area contributed by atoms with Crippen LogP contribution in [-0.2, 0) is 11.8 Å². The molecule has 1 atom stereocenters. The molecular formula is C17H23N5O2S. The zero-order chi connectivity index (χ0) is 17.7. The van der Waals surface area contributed by atoms with Crippen molar-refractivity contribution in [3.8, 4) is 0 Å². The van der Waals surface area contributed by atoms with E-state index in [4.69, 9.17) is 0 Å². The van der Waals surface area contributed by atoms with Crippen molar-refractivity contribution in [3.63, 3.8) is 0 Å². The Bertz CT molecular complexity index is 888. The second-order valence-corrected chi connectivity index (χ2v) is 8.05. The van der Waals surface area contributed by atoms with E-state index in [2.05, 4.69) is 15.5 Å². The lowest BCUT2D eigenvalue weighted by Crippen LogP contribution is -2.18. The van der Waals surface area contributed by atoms with Crippen LogP contribution in [0.5, 0.6) is 0 Å². The van der Waals surface area contributed by atoms with Crippen LogP contribution in [0.15, 0.2) is 4.79 Å². The van der Waals surface area contributed by atoms with Gasteiger partial charge in [-0.2, -0.15) is 5.10 Å². The summed E-state index contributed by atoms with van der Waals surface area (Å²) < 4.78 is 3.75. The predicted octanol–water partition coefficient (Wildman–Crippen LogP) is 2.42. The summed E-state index contributed by atoms with van der Waals surface area (Å²) >= 11 is 1.50. The zero-order valence-corrected chi connectivity index (χ0v) is 15.6. The number of hydrogen-bond donors (Lipinski definition) is 2. The first-order valence-electron chi connectivity index (χ1n) is 8.73. The van der Waals surface area contributed by atoms with Crippen LogP contribution < -0.4 is 10.9 Å². The molecule has 0 saturated heterocycles. The van der Waals surface area contributed by atoms with Crippen LogP contribution >= 0.6 is 11.8 Å². The summed E-state index contributed by atoms with van der Waals surface area (Å²) in [6, 6.07) is 0.261. The highest BCUT2D eigenvalue weighted by Crippen LogP contribution is 2.43. The third kappa shape index (κ3) is 2.63. The van der Waals surface area contributed by atoms with E-state index < -0.39 is 0 Å². The highest BCUT2D eigenvalue weighted by atomic mass is 32.2. The van der Waals surface area contributed by atoms with Gasteiger partial charge in [0.2, 0.25) is 5.91 Å². The highest BCUT2D eigenvalue weighted by molar-refractivity contribution is 8.00. The van der Waals surface area contributed by atoms with Crippen molar-refractivity contribution in [2.45, 2.75) is 50.8 Å². The van der Waals surface area contributed by atoms with Gasteiger partial charge in [-0.3, -0.25) is 24.1 Å². The molecule has 25 heavy (non-hydrogen) atoms. The number of carbonyl (C=O) groups excluding carboxylic acids is 1. The van der Waals surface area contributed by atoms with Crippen LogP contribution in [0.3, 0.4) is 0 Å². The third-order valence-electron chi connectivity index (χ3n) is 5.38. The first-order valence-corrected chi connectivity index (χ1v) is 9.78. The number of nitrogens with one attached hydrogen (secondary N) is 2. The molecule has 1 fully saturated rings. The maximum Gasteiger partial charge on any atom is 0.270 e. The summed E-state index contributed by atoms with van der Waals surface area (Å²) in [4.78, 5) is 25.1. The number of aromatic nitrogens is 4. The Morgan fingerprint density at radius 3 is 2.52 bits per heavy atom. The monoisotopic (exact) mass is 361 g/mol. The smallest absolute Gasteiger partial charge is 0.270 e. The number of rotatable bonds is 2. The van der Waals surface area contributed by atoms with Crippen molar-refractivity contribution in [1.29, 1.82) is 0 Å². The van der Waals surface area contributed by atoms with E-state index in [0.717, 1.165) is 42.6 Å². The molecule has 1 saturated carbocycles. The normalized spacial score (nSPS) is 21.2. The minimum Gasteiger partial charge on any atom is -0.310 e. The average Bonchev–Trinajstić information content (AvgIpc) is 3.21. The summed E-state index contributed by atoms with van der Waals surface area (Å²) in [5.41, 5.74) is 3.53. The summed E-state index contributed by atoms with van der Waals surface area (Å²) in [5, 5.41) is 10.3. The van der Waals surface area contributed by atoms with E-state index in [0.29, 0.717) is 17.1 Å². The maximum absolute atomic E-state index is 12.8. The molecule has 134 valence electrons. The van der Waals surface area contributed by atoms with Gasteiger partial charge in [0.05, 0.1) is 28.3 Å². The van der Waals surface area contributed by atoms with Gasteiger partial charge in [0.25, 0.3) is 5.56 Å². The van der Waals surface area contributed by atoms with E-state index in [1.807, 2.05) is 30.3 Å². The van der Waals surface area contributed by atoms with Gasteiger partial charge in [0.15, 0.2) is 0 Å². The Balaban J connectivity index is 1.90. The predicted molar refractivity (Wildman–Crippen MR) is 98.2 cm³/mol. The quantitative estimate of drug-likeness (QED) is 0.860. The van der Waals surface area contributed by atoms with Crippen molar-refractivity contribution in [3.05, 3.63) is 32.9 Å². The molecule has 8 heteroatoms. The molecule has 1 amide bonds. The molecule has 0 aromatic carbocycles. The van der Waals surface area contributed by atoms with E-state index >= 15 is 0 Å². The molecule has 2 aliphatic rings. The molecule has 4 rings (SSSR count). The number of H-pyrrole nitrogens is 1. The Morgan fingerprint density at radius 1 is 1.16 bits per heavy atom. The number of thioether (sulfide) groups is 1. The Morgan fingerprint density at radius 2 is 1.88 bits per heavy atom. The lowest BCUT2D eigenvalue weighted by molar-refractivity contribution is -0.113. The number of fused-ring (bicyclic) bond motifs is 1. The van der Waals surface area contributed by atoms with Crippen molar-refractivity contribution >= 4 is 23.5 Å². The van der Waals surface area contributed by atoms with Gasteiger partial charge < -0.3 is 5.32 Å². The second kappa shape index (κ2) is 6.09. The Labute approximate surface area is 150 Å². The largest absolute Gasteiger partial charge is 0.310 e. The topological polar surface area (TPSA) is 84.7 Å². The fourth-order valence-corrected chi connectivity index (χ4v) is 5.36. The van der Waals surface area contributed by atoms with Gasteiger partial charge in [-0.15, -0.1) is 11.8 Å². The van der Waals surface area contributed by atoms with E-state index in [1.165, 1.54) is 11.8 Å². The minimum atomic E-state index is -0.186. The van der Waals surface area contributed by atoms with E-state index in [-0.39, 0.29) is 22.8 Å². The second-order valence-electron chi connectivity index (χ2n) is 6.96. The van der Waals surface area contributed by atoms with Crippen LogP contribution in [0.25, 0.3) is 0 Å². The fraction of sp³-hybridized carbons (Fsp3) is 0.588. The number of nitrogens with zero attached hydrogens (tertiary/aromatic N) is 3. The molecule has 1 aliphatic heterocycles. The van der Waals surface area contributed by atoms with Gasteiger partial charge in [-0.25, -0.2) is 0 Å². The molecule has 7 nitrogen and oxygen atoms in total.